The number of carboxylic acids is 1. The first-order chi connectivity index (χ1) is 13.6. The Labute approximate surface area is 164 Å². The molecular formula is C23H25NO4. The minimum absolute atomic E-state index is 0.217. The molecule has 0 spiro atoms. The maximum absolute atomic E-state index is 10.9. The number of likely N-dealkylation sites (tertiary alicyclic amines) is 1. The van der Waals surface area contributed by atoms with Crippen LogP contribution in [0, 0.1) is 5.92 Å². The van der Waals surface area contributed by atoms with E-state index < -0.39 is 5.97 Å². The van der Waals surface area contributed by atoms with Gasteiger partial charge in [0.25, 0.3) is 0 Å². The number of carboxylic acid groups (broad SMARTS) is 1. The zero-order chi connectivity index (χ0) is 19.5. The van der Waals surface area contributed by atoms with Crippen molar-refractivity contribution in [1.29, 1.82) is 0 Å². The molecule has 1 aliphatic heterocycles. The number of fused-ring (bicyclic) bond motifs is 1. The zero-order valence-corrected chi connectivity index (χ0v) is 16.1. The van der Waals surface area contributed by atoms with Crippen molar-refractivity contribution < 1.29 is 19.1 Å². The van der Waals surface area contributed by atoms with Gasteiger partial charge in [-0.2, -0.15) is 0 Å². The van der Waals surface area contributed by atoms with E-state index in [4.69, 9.17) is 14.3 Å². The topological polar surface area (TPSA) is 62.9 Å². The number of hydrogen-bond acceptors (Lipinski definition) is 4. The number of aliphatic carboxylic acids is 1. The minimum Gasteiger partial charge on any atom is -0.494 e. The molecule has 0 unspecified atom stereocenters. The number of rotatable bonds is 8. The molecule has 2 heterocycles. The van der Waals surface area contributed by atoms with Crippen molar-refractivity contribution in [3.63, 3.8) is 0 Å². The Hall–Kier alpha value is -2.79. The van der Waals surface area contributed by atoms with Crippen LogP contribution in [-0.4, -0.2) is 35.7 Å². The van der Waals surface area contributed by atoms with Crippen LogP contribution < -0.4 is 4.74 Å². The summed E-state index contributed by atoms with van der Waals surface area (Å²) in [4.78, 5) is 13.0. The lowest BCUT2D eigenvalue weighted by Gasteiger charge is -2.36. The Balaban J connectivity index is 1.42. The molecule has 0 radical (unpaired) electrons. The van der Waals surface area contributed by atoms with Gasteiger partial charge >= 0.3 is 5.97 Å². The van der Waals surface area contributed by atoms with Crippen molar-refractivity contribution in [1.82, 2.24) is 4.90 Å². The molecule has 1 fully saturated rings. The molecule has 0 amide bonds. The number of nitrogens with zero attached hydrogens (tertiary/aromatic N) is 1. The number of unbranched alkanes of at least 4 members (excludes halogenated alkanes) is 1. The predicted octanol–water partition coefficient (Wildman–Crippen LogP) is 4.80. The molecule has 0 saturated carbocycles. The molecule has 0 bridgehead atoms. The van der Waals surface area contributed by atoms with Gasteiger partial charge in [0.15, 0.2) is 0 Å². The molecule has 0 atom stereocenters. The van der Waals surface area contributed by atoms with Crippen LogP contribution in [-0.2, 0) is 11.3 Å². The van der Waals surface area contributed by atoms with Crippen LogP contribution in [0.25, 0.3) is 22.3 Å². The van der Waals surface area contributed by atoms with Gasteiger partial charge in [-0.1, -0.05) is 37.6 Å². The fourth-order valence-electron chi connectivity index (χ4n) is 3.48. The molecular weight excluding hydrogens is 354 g/mol. The predicted molar refractivity (Wildman–Crippen MR) is 108 cm³/mol. The van der Waals surface area contributed by atoms with Gasteiger partial charge in [-0.25, -0.2) is 0 Å². The van der Waals surface area contributed by atoms with E-state index in [-0.39, 0.29) is 5.92 Å². The van der Waals surface area contributed by atoms with E-state index in [0.717, 1.165) is 54.0 Å². The summed E-state index contributed by atoms with van der Waals surface area (Å²) >= 11 is 0. The molecule has 5 nitrogen and oxygen atoms in total. The maximum Gasteiger partial charge on any atom is 0.309 e. The quantitative estimate of drug-likeness (QED) is 0.570. The van der Waals surface area contributed by atoms with Crippen LogP contribution in [0.1, 0.15) is 25.3 Å². The Morgan fingerprint density at radius 1 is 1.18 bits per heavy atom. The highest BCUT2D eigenvalue weighted by molar-refractivity contribution is 5.84. The van der Waals surface area contributed by atoms with Gasteiger partial charge < -0.3 is 14.3 Å². The number of hydrogen-bond donors (Lipinski definition) is 1. The number of carbonyl (C=O) groups is 1. The SMILES string of the molecule is CCCCOc1ccc2oc(-c3ccc(CN4CC(C(=O)O)C4)cc3)cc2c1. The van der Waals surface area contributed by atoms with E-state index in [1.54, 1.807) is 0 Å². The average Bonchev–Trinajstić information content (AvgIpc) is 3.08. The Morgan fingerprint density at radius 3 is 2.68 bits per heavy atom. The Morgan fingerprint density at radius 2 is 1.96 bits per heavy atom. The summed E-state index contributed by atoms with van der Waals surface area (Å²) in [5.41, 5.74) is 3.05. The van der Waals surface area contributed by atoms with Gasteiger partial charge in [0.1, 0.15) is 17.1 Å². The molecule has 5 heteroatoms. The molecule has 2 aromatic carbocycles. The summed E-state index contributed by atoms with van der Waals surface area (Å²) < 4.78 is 11.8. The third-order valence-electron chi connectivity index (χ3n) is 5.21. The first-order valence-corrected chi connectivity index (χ1v) is 9.83. The maximum atomic E-state index is 10.9. The molecule has 1 N–H and O–H groups in total. The Kier molecular flexibility index (Phi) is 5.35. The van der Waals surface area contributed by atoms with Crippen LogP contribution in [0.5, 0.6) is 5.75 Å². The summed E-state index contributed by atoms with van der Waals surface area (Å²) in [7, 11) is 0. The Bertz CT molecular complexity index is 954. The van der Waals surface area contributed by atoms with Crippen LogP contribution in [0.2, 0.25) is 0 Å². The van der Waals surface area contributed by atoms with E-state index in [1.807, 2.05) is 24.3 Å². The lowest BCUT2D eigenvalue weighted by Crippen LogP contribution is -2.49. The summed E-state index contributed by atoms with van der Waals surface area (Å²) in [5.74, 6) is 0.793. The third kappa shape index (κ3) is 4.04. The van der Waals surface area contributed by atoms with Crippen molar-refractivity contribution >= 4 is 16.9 Å². The summed E-state index contributed by atoms with van der Waals surface area (Å²) in [5, 5.41) is 10.0. The normalized spacial score (nSPS) is 14.9. The number of benzene rings is 2. The first kappa shape index (κ1) is 18.6. The molecule has 146 valence electrons. The van der Waals surface area contributed by atoms with Crippen LogP contribution >= 0.6 is 0 Å². The van der Waals surface area contributed by atoms with Crippen LogP contribution in [0.4, 0.5) is 0 Å². The average molecular weight is 379 g/mol. The first-order valence-electron chi connectivity index (χ1n) is 9.83. The van der Waals surface area contributed by atoms with Gasteiger partial charge in [-0.15, -0.1) is 0 Å². The third-order valence-corrected chi connectivity index (χ3v) is 5.21. The van der Waals surface area contributed by atoms with Crippen LogP contribution in [0.3, 0.4) is 0 Å². The fraction of sp³-hybridized carbons (Fsp3) is 0.348. The second-order valence-corrected chi connectivity index (χ2v) is 7.44. The van der Waals surface area contributed by atoms with E-state index in [2.05, 4.69) is 36.1 Å². The standard InChI is InChI=1S/C23H25NO4/c1-2-3-10-27-20-8-9-21-18(11-20)12-22(28-21)17-6-4-16(5-7-17)13-24-14-19(15-24)23(25)26/h4-9,11-12,19H,2-3,10,13-15H2,1H3,(H,25,26). The van der Waals surface area contributed by atoms with Gasteiger partial charge in [0.2, 0.25) is 0 Å². The van der Waals surface area contributed by atoms with Crippen molar-refractivity contribution in [3.8, 4) is 17.1 Å². The summed E-state index contributed by atoms with van der Waals surface area (Å²) in [6.45, 7) is 4.92. The van der Waals surface area contributed by atoms with Gasteiger partial charge in [-0.05, 0) is 36.2 Å². The summed E-state index contributed by atoms with van der Waals surface area (Å²) in [6, 6.07) is 16.2. The molecule has 4 rings (SSSR count). The molecule has 1 saturated heterocycles. The second kappa shape index (κ2) is 8.07. The number of furan rings is 1. The zero-order valence-electron chi connectivity index (χ0n) is 16.1. The molecule has 0 aliphatic carbocycles. The van der Waals surface area contributed by atoms with E-state index >= 15 is 0 Å². The smallest absolute Gasteiger partial charge is 0.309 e. The fourth-order valence-corrected chi connectivity index (χ4v) is 3.48. The van der Waals surface area contributed by atoms with E-state index in [9.17, 15) is 4.79 Å². The van der Waals surface area contributed by atoms with Crippen molar-refractivity contribution in [2.45, 2.75) is 26.3 Å². The van der Waals surface area contributed by atoms with Gasteiger partial charge in [0.05, 0.1) is 12.5 Å². The van der Waals surface area contributed by atoms with E-state index in [1.165, 1.54) is 5.56 Å². The van der Waals surface area contributed by atoms with Crippen molar-refractivity contribution in [2.75, 3.05) is 19.7 Å². The minimum atomic E-state index is -0.699. The van der Waals surface area contributed by atoms with Gasteiger partial charge in [0, 0.05) is 30.6 Å². The monoisotopic (exact) mass is 379 g/mol. The largest absolute Gasteiger partial charge is 0.494 e. The highest BCUT2D eigenvalue weighted by Crippen LogP contribution is 2.31. The number of ether oxygens (including phenoxy) is 1. The second-order valence-electron chi connectivity index (χ2n) is 7.44. The lowest BCUT2D eigenvalue weighted by molar-refractivity contribution is -0.147. The molecule has 1 aliphatic rings. The van der Waals surface area contributed by atoms with Crippen molar-refractivity contribution in [2.24, 2.45) is 5.92 Å². The van der Waals surface area contributed by atoms with Crippen LogP contribution in [0.15, 0.2) is 52.9 Å². The lowest BCUT2D eigenvalue weighted by atomic mass is 9.99. The molecule has 28 heavy (non-hydrogen) atoms. The van der Waals surface area contributed by atoms with Gasteiger partial charge in [-0.3, -0.25) is 9.69 Å². The highest BCUT2D eigenvalue weighted by Gasteiger charge is 2.32. The van der Waals surface area contributed by atoms with Crippen molar-refractivity contribution in [3.05, 3.63) is 54.1 Å². The summed E-state index contributed by atoms with van der Waals surface area (Å²) in [6.07, 6.45) is 2.17. The van der Waals surface area contributed by atoms with E-state index in [0.29, 0.717) is 13.1 Å². The molecule has 3 aromatic rings. The highest BCUT2D eigenvalue weighted by atomic mass is 16.5. The molecule has 1 aromatic heterocycles.